The van der Waals surface area contributed by atoms with Crippen LogP contribution in [0.25, 0.3) is 0 Å². The average Bonchev–Trinajstić information content (AvgIpc) is 3.15. The zero-order chi connectivity index (χ0) is 14.0. The quantitative estimate of drug-likeness (QED) is 0.823. The van der Waals surface area contributed by atoms with Crippen molar-refractivity contribution in [2.24, 2.45) is 5.92 Å². The molecule has 19 heavy (non-hydrogen) atoms. The van der Waals surface area contributed by atoms with Crippen LogP contribution in [-0.2, 0) is 0 Å². The van der Waals surface area contributed by atoms with Gasteiger partial charge in [0.25, 0.3) is 0 Å². The molecule has 1 aromatic heterocycles. The van der Waals surface area contributed by atoms with Gasteiger partial charge in [-0.2, -0.15) is 0 Å². The first-order chi connectivity index (χ1) is 8.99. The smallest absolute Gasteiger partial charge is 0.337 e. The zero-order valence-corrected chi connectivity index (χ0v) is 11.5. The fourth-order valence-corrected chi connectivity index (χ4v) is 2.06. The molecule has 1 aliphatic carbocycles. The summed E-state index contributed by atoms with van der Waals surface area (Å²) in [6.45, 7) is 5.28. The molecule has 0 spiro atoms. The number of nitrogens with zero attached hydrogens (tertiary/aromatic N) is 2. The van der Waals surface area contributed by atoms with Crippen molar-refractivity contribution in [3.63, 3.8) is 0 Å². The van der Waals surface area contributed by atoms with Crippen molar-refractivity contribution in [2.75, 3.05) is 17.2 Å². The Labute approximate surface area is 113 Å². The standard InChI is InChI=1S/C14H21N3O2/c1-9(2)5-6-17(10-3-4-10)13-7-11(14(18)19)12(15)8-16-13/h7-10H,3-6,15H2,1-2H3,(H,18,19). The molecule has 1 fully saturated rings. The third-order valence-corrected chi connectivity index (χ3v) is 3.38. The largest absolute Gasteiger partial charge is 0.478 e. The van der Waals surface area contributed by atoms with Crippen molar-refractivity contribution in [2.45, 2.75) is 39.2 Å². The number of aromatic carboxylic acids is 1. The maximum atomic E-state index is 11.1. The van der Waals surface area contributed by atoms with E-state index in [-0.39, 0.29) is 11.3 Å². The summed E-state index contributed by atoms with van der Waals surface area (Å²) in [6.07, 6.45) is 4.84. The highest BCUT2D eigenvalue weighted by molar-refractivity contribution is 5.94. The fraction of sp³-hybridized carbons (Fsp3) is 0.571. The third-order valence-electron chi connectivity index (χ3n) is 3.38. The fourth-order valence-electron chi connectivity index (χ4n) is 2.06. The van der Waals surface area contributed by atoms with Crippen molar-refractivity contribution in [1.29, 1.82) is 0 Å². The molecule has 1 aliphatic rings. The van der Waals surface area contributed by atoms with Crippen molar-refractivity contribution < 1.29 is 9.90 Å². The molecule has 0 unspecified atom stereocenters. The van der Waals surface area contributed by atoms with Crippen LogP contribution in [-0.4, -0.2) is 28.6 Å². The van der Waals surface area contributed by atoms with Gasteiger partial charge in [0, 0.05) is 12.6 Å². The minimum atomic E-state index is -0.999. The van der Waals surface area contributed by atoms with Crippen LogP contribution in [0.2, 0.25) is 0 Å². The van der Waals surface area contributed by atoms with Crippen LogP contribution in [0, 0.1) is 5.92 Å². The Morgan fingerprint density at radius 1 is 1.58 bits per heavy atom. The molecule has 0 aliphatic heterocycles. The van der Waals surface area contributed by atoms with E-state index >= 15 is 0 Å². The van der Waals surface area contributed by atoms with E-state index in [4.69, 9.17) is 10.8 Å². The Morgan fingerprint density at radius 2 is 2.26 bits per heavy atom. The number of nitrogen functional groups attached to an aromatic ring is 1. The van der Waals surface area contributed by atoms with E-state index in [0.717, 1.165) is 31.6 Å². The Hall–Kier alpha value is -1.78. The molecule has 0 atom stereocenters. The number of rotatable bonds is 6. The van der Waals surface area contributed by atoms with E-state index in [2.05, 4.69) is 23.7 Å². The molecular weight excluding hydrogens is 242 g/mol. The Kier molecular flexibility index (Phi) is 3.93. The van der Waals surface area contributed by atoms with Crippen LogP contribution in [0.3, 0.4) is 0 Å². The number of carboxylic acids is 1. The predicted molar refractivity (Wildman–Crippen MR) is 75.4 cm³/mol. The summed E-state index contributed by atoms with van der Waals surface area (Å²) >= 11 is 0. The van der Waals surface area contributed by atoms with Gasteiger partial charge in [0.15, 0.2) is 0 Å². The van der Waals surface area contributed by atoms with Crippen molar-refractivity contribution >= 4 is 17.5 Å². The summed E-state index contributed by atoms with van der Waals surface area (Å²) in [5, 5.41) is 9.12. The normalized spacial score (nSPS) is 14.7. The second-order valence-electron chi connectivity index (χ2n) is 5.54. The molecule has 0 bridgehead atoms. The van der Waals surface area contributed by atoms with Gasteiger partial charge in [-0.15, -0.1) is 0 Å². The molecule has 0 aromatic carbocycles. The second-order valence-corrected chi connectivity index (χ2v) is 5.54. The minimum absolute atomic E-state index is 0.139. The van der Waals surface area contributed by atoms with Gasteiger partial charge in [0.2, 0.25) is 0 Å². The molecule has 0 saturated heterocycles. The lowest BCUT2D eigenvalue weighted by Gasteiger charge is -2.24. The number of carbonyl (C=O) groups is 1. The molecule has 5 heteroatoms. The maximum absolute atomic E-state index is 11.1. The average molecular weight is 263 g/mol. The summed E-state index contributed by atoms with van der Waals surface area (Å²) in [4.78, 5) is 17.6. The summed E-state index contributed by atoms with van der Waals surface area (Å²) in [5.41, 5.74) is 6.00. The predicted octanol–water partition coefficient (Wildman–Crippen LogP) is 2.38. The summed E-state index contributed by atoms with van der Waals surface area (Å²) in [7, 11) is 0. The molecular formula is C14H21N3O2. The molecule has 0 amide bonds. The van der Waals surface area contributed by atoms with Gasteiger partial charge < -0.3 is 15.7 Å². The van der Waals surface area contributed by atoms with Crippen LogP contribution in [0.5, 0.6) is 0 Å². The first kappa shape index (κ1) is 13.6. The van der Waals surface area contributed by atoms with E-state index in [1.165, 1.54) is 6.20 Å². The van der Waals surface area contributed by atoms with Crippen LogP contribution >= 0.6 is 0 Å². The van der Waals surface area contributed by atoms with Crippen molar-refractivity contribution in [3.05, 3.63) is 17.8 Å². The molecule has 2 rings (SSSR count). The van der Waals surface area contributed by atoms with Gasteiger partial charge in [-0.1, -0.05) is 13.8 Å². The van der Waals surface area contributed by atoms with Crippen molar-refractivity contribution in [3.8, 4) is 0 Å². The Bertz CT molecular complexity index is 470. The molecule has 1 heterocycles. The van der Waals surface area contributed by atoms with Gasteiger partial charge in [0.05, 0.1) is 17.4 Å². The molecule has 5 nitrogen and oxygen atoms in total. The molecule has 3 N–H and O–H groups in total. The van der Waals surface area contributed by atoms with Gasteiger partial charge in [0.1, 0.15) is 5.82 Å². The number of pyridine rings is 1. The second kappa shape index (κ2) is 5.47. The van der Waals surface area contributed by atoms with E-state index < -0.39 is 5.97 Å². The Morgan fingerprint density at radius 3 is 2.79 bits per heavy atom. The van der Waals surface area contributed by atoms with Gasteiger partial charge in [-0.05, 0) is 31.2 Å². The van der Waals surface area contributed by atoms with E-state index in [1.807, 2.05) is 0 Å². The van der Waals surface area contributed by atoms with Gasteiger partial charge >= 0.3 is 5.97 Å². The minimum Gasteiger partial charge on any atom is -0.478 e. The number of carboxylic acid groups (broad SMARTS) is 1. The zero-order valence-electron chi connectivity index (χ0n) is 11.5. The first-order valence-corrected chi connectivity index (χ1v) is 6.74. The van der Waals surface area contributed by atoms with Crippen LogP contribution in [0.1, 0.15) is 43.5 Å². The maximum Gasteiger partial charge on any atom is 0.337 e. The molecule has 0 radical (unpaired) electrons. The third kappa shape index (κ3) is 3.36. The SMILES string of the molecule is CC(C)CCN(c1cc(C(=O)O)c(N)cn1)C1CC1. The first-order valence-electron chi connectivity index (χ1n) is 6.74. The number of hydrogen-bond donors (Lipinski definition) is 2. The lowest BCUT2D eigenvalue weighted by atomic mass is 10.1. The highest BCUT2D eigenvalue weighted by Crippen LogP contribution is 2.32. The van der Waals surface area contributed by atoms with Gasteiger partial charge in [-0.25, -0.2) is 9.78 Å². The lowest BCUT2D eigenvalue weighted by Crippen LogP contribution is -2.29. The number of hydrogen-bond acceptors (Lipinski definition) is 4. The monoisotopic (exact) mass is 263 g/mol. The molecule has 104 valence electrons. The lowest BCUT2D eigenvalue weighted by molar-refractivity contribution is 0.0698. The number of anilines is 2. The topological polar surface area (TPSA) is 79.5 Å². The Balaban J connectivity index is 2.21. The van der Waals surface area contributed by atoms with Crippen LogP contribution in [0.15, 0.2) is 12.3 Å². The van der Waals surface area contributed by atoms with Gasteiger partial charge in [-0.3, -0.25) is 0 Å². The van der Waals surface area contributed by atoms with E-state index in [0.29, 0.717) is 12.0 Å². The molecule has 1 saturated carbocycles. The highest BCUT2D eigenvalue weighted by atomic mass is 16.4. The van der Waals surface area contributed by atoms with Crippen LogP contribution < -0.4 is 10.6 Å². The van der Waals surface area contributed by atoms with Crippen molar-refractivity contribution in [1.82, 2.24) is 4.98 Å². The summed E-state index contributed by atoms with van der Waals surface area (Å²) in [5.74, 6) is 0.351. The van der Waals surface area contributed by atoms with Crippen LogP contribution in [0.4, 0.5) is 11.5 Å². The van der Waals surface area contributed by atoms with E-state index in [1.54, 1.807) is 6.07 Å². The number of aromatic nitrogens is 1. The number of nitrogens with two attached hydrogens (primary N) is 1. The highest BCUT2D eigenvalue weighted by Gasteiger charge is 2.30. The van der Waals surface area contributed by atoms with E-state index in [9.17, 15) is 4.79 Å². The summed E-state index contributed by atoms with van der Waals surface area (Å²) in [6, 6.07) is 2.10. The molecule has 1 aromatic rings. The summed E-state index contributed by atoms with van der Waals surface area (Å²) < 4.78 is 0.